The van der Waals surface area contributed by atoms with Crippen molar-refractivity contribution < 1.29 is 17.9 Å². The first kappa shape index (κ1) is 21.6. The molecule has 0 fully saturated rings. The van der Waals surface area contributed by atoms with Crippen LogP contribution in [0, 0.1) is 6.92 Å². The van der Waals surface area contributed by atoms with Gasteiger partial charge in [-0.25, -0.2) is 12.4 Å². The lowest BCUT2D eigenvalue weighted by atomic mass is 10.2. The van der Waals surface area contributed by atoms with Gasteiger partial charge in [0.15, 0.2) is 0 Å². The highest BCUT2D eigenvalue weighted by atomic mass is 32.2. The second-order valence-electron chi connectivity index (χ2n) is 7.64. The van der Waals surface area contributed by atoms with Crippen molar-refractivity contribution in [3.63, 3.8) is 0 Å². The highest BCUT2D eigenvalue weighted by Gasteiger charge is 2.23. The number of fused-ring (bicyclic) bond motifs is 1. The van der Waals surface area contributed by atoms with Crippen LogP contribution in [-0.4, -0.2) is 25.3 Å². The van der Waals surface area contributed by atoms with Gasteiger partial charge in [-0.15, -0.1) is 0 Å². The number of hydrogen-bond acceptors (Lipinski definition) is 4. The predicted molar refractivity (Wildman–Crippen MR) is 126 cm³/mol. The highest BCUT2D eigenvalue weighted by Crippen LogP contribution is 2.27. The molecule has 0 saturated heterocycles. The summed E-state index contributed by atoms with van der Waals surface area (Å²) in [5.41, 5.74) is 2.75. The van der Waals surface area contributed by atoms with E-state index >= 15 is 0 Å². The summed E-state index contributed by atoms with van der Waals surface area (Å²) in [7, 11) is -2.11. The maximum absolute atomic E-state index is 13.5. The molecular formula is C25H24N2O4S. The molecule has 6 nitrogen and oxygen atoms in total. The Balaban J connectivity index is 1.69. The van der Waals surface area contributed by atoms with Crippen LogP contribution in [0.1, 0.15) is 18.2 Å². The molecule has 4 aromatic rings. The van der Waals surface area contributed by atoms with Gasteiger partial charge in [-0.2, -0.15) is 0 Å². The fraction of sp³-hybridized carbons (Fsp3) is 0.160. The number of carbonyl (C=O) groups is 1. The number of carbonyl (C=O) groups excluding carboxylic acids is 1. The van der Waals surface area contributed by atoms with Gasteiger partial charge in [-0.1, -0.05) is 30.3 Å². The number of nitrogens with zero attached hydrogens (tertiary/aromatic N) is 2. The number of aryl methyl sites for hydroxylation is 1. The normalized spacial score (nSPS) is 11.5. The topological polar surface area (TPSA) is 68.6 Å². The van der Waals surface area contributed by atoms with E-state index < -0.39 is 10.0 Å². The number of rotatable bonds is 6. The van der Waals surface area contributed by atoms with Crippen LogP contribution in [0.25, 0.3) is 10.9 Å². The maximum atomic E-state index is 13.5. The molecule has 0 bridgehead atoms. The Labute approximate surface area is 187 Å². The number of para-hydroxylation sites is 1. The molecule has 7 heteroatoms. The van der Waals surface area contributed by atoms with E-state index in [0.717, 1.165) is 16.6 Å². The summed E-state index contributed by atoms with van der Waals surface area (Å²) in [5, 5.41) is 0.820. The lowest BCUT2D eigenvalue weighted by molar-refractivity contribution is -0.116. The van der Waals surface area contributed by atoms with Crippen LogP contribution in [-0.2, 0) is 21.4 Å². The number of amides is 1. The van der Waals surface area contributed by atoms with Gasteiger partial charge in [-0.05, 0) is 61.0 Å². The van der Waals surface area contributed by atoms with Gasteiger partial charge in [0, 0.05) is 25.0 Å². The summed E-state index contributed by atoms with van der Waals surface area (Å²) in [6, 6.07) is 23.2. The van der Waals surface area contributed by atoms with E-state index in [1.807, 2.05) is 37.3 Å². The monoisotopic (exact) mass is 448 g/mol. The molecule has 4 rings (SSSR count). The molecule has 1 heterocycles. The Morgan fingerprint density at radius 1 is 0.969 bits per heavy atom. The quantitative estimate of drug-likeness (QED) is 0.427. The first-order chi connectivity index (χ1) is 15.3. The number of ether oxygens (including phenoxy) is 1. The zero-order chi connectivity index (χ0) is 22.9. The molecule has 0 aliphatic rings. The second-order valence-corrected chi connectivity index (χ2v) is 9.43. The number of hydrogen-bond donors (Lipinski definition) is 0. The van der Waals surface area contributed by atoms with Gasteiger partial charge >= 0.3 is 0 Å². The van der Waals surface area contributed by atoms with E-state index in [9.17, 15) is 13.2 Å². The summed E-state index contributed by atoms with van der Waals surface area (Å²) in [6.45, 7) is 3.43. The lowest BCUT2D eigenvalue weighted by Crippen LogP contribution is -2.22. The summed E-state index contributed by atoms with van der Waals surface area (Å²) < 4.78 is 34.4. The number of aromatic nitrogens is 1. The third-order valence-electron chi connectivity index (χ3n) is 5.35. The molecule has 0 aliphatic heterocycles. The van der Waals surface area contributed by atoms with Crippen LogP contribution >= 0.6 is 0 Å². The van der Waals surface area contributed by atoms with Crippen LogP contribution in [0.5, 0.6) is 5.75 Å². The average molecular weight is 449 g/mol. The zero-order valence-electron chi connectivity index (χ0n) is 18.1. The predicted octanol–water partition coefficient (Wildman–Crippen LogP) is 4.75. The molecule has 1 amide bonds. The van der Waals surface area contributed by atoms with E-state index in [2.05, 4.69) is 0 Å². The summed E-state index contributed by atoms with van der Waals surface area (Å²) in [5.74, 6) is 0.514. The molecule has 0 aliphatic carbocycles. The molecule has 0 N–H and O–H groups in total. The Bertz CT molecular complexity index is 1390. The van der Waals surface area contributed by atoms with Gasteiger partial charge in [-0.3, -0.25) is 4.79 Å². The SMILES string of the molecule is CC(=O)N(C)c1ccc(OCc2cc3ccccc3n2S(=O)(=O)c2cccc(C)c2)cc1. The average Bonchev–Trinajstić information content (AvgIpc) is 3.16. The first-order valence-corrected chi connectivity index (χ1v) is 11.6. The molecule has 0 atom stereocenters. The molecule has 0 saturated carbocycles. The van der Waals surface area contributed by atoms with Crippen molar-refractivity contribution >= 4 is 32.5 Å². The highest BCUT2D eigenvalue weighted by molar-refractivity contribution is 7.90. The molecule has 1 aromatic heterocycles. The second kappa shape index (κ2) is 8.51. The summed E-state index contributed by atoms with van der Waals surface area (Å²) >= 11 is 0. The van der Waals surface area contributed by atoms with E-state index in [1.54, 1.807) is 55.6 Å². The lowest BCUT2D eigenvalue weighted by Gasteiger charge is -2.16. The van der Waals surface area contributed by atoms with E-state index in [1.165, 1.54) is 15.8 Å². The molecule has 3 aromatic carbocycles. The molecule has 32 heavy (non-hydrogen) atoms. The fourth-order valence-electron chi connectivity index (χ4n) is 3.56. The largest absolute Gasteiger partial charge is 0.487 e. The number of benzene rings is 3. The van der Waals surface area contributed by atoms with Crippen molar-refractivity contribution in [1.82, 2.24) is 3.97 Å². The first-order valence-electron chi connectivity index (χ1n) is 10.2. The minimum atomic E-state index is -3.81. The smallest absolute Gasteiger partial charge is 0.268 e. The van der Waals surface area contributed by atoms with Crippen molar-refractivity contribution in [3.8, 4) is 5.75 Å². The summed E-state index contributed by atoms with van der Waals surface area (Å²) in [4.78, 5) is 13.3. The standard InChI is InChI=1S/C25H24N2O4S/c1-18-7-6-9-24(15-18)32(29,30)27-22(16-20-8-4-5-10-25(20)27)17-31-23-13-11-21(12-14-23)26(3)19(2)28/h4-16H,17H2,1-3H3. The Kier molecular flexibility index (Phi) is 5.76. The fourth-order valence-corrected chi connectivity index (χ4v) is 5.19. The van der Waals surface area contributed by atoms with Gasteiger partial charge < -0.3 is 9.64 Å². The molecule has 0 radical (unpaired) electrons. The minimum Gasteiger partial charge on any atom is -0.487 e. The van der Waals surface area contributed by atoms with Crippen molar-refractivity contribution in [1.29, 1.82) is 0 Å². The zero-order valence-corrected chi connectivity index (χ0v) is 19.0. The van der Waals surface area contributed by atoms with Crippen LogP contribution in [0.4, 0.5) is 5.69 Å². The van der Waals surface area contributed by atoms with Crippen LogP contribution in [0.15, 0.2) is 83.8 Å². The third-order valence-corrected chi connectivity index (χ3v) is 7.11. The molecular weight excluding hydrogens is 424 g/mol. The van der Waals surface area contributed by atoms with Crippen LogP contribution in [0.3, 0.4) is 0 Å². The van der Waals surface area contributed by atoms with Crippen LogP contribution < -0.4 is 9.64 Å². The minimum absolute atomic E-state index is 0.0652. The Morgan fingerprint density at radius 3 is 2.38 bits per heavy atom. The molecule has 0 unspecified atom stereocenters. The van der Waals surface area contributed by atoms with Crippen molar-refractivity contribution in [2.24, 2.45) is 0 Å². The van der Waals surface area contributed by atoms with Gasteiger partial charge in [0.2, 0.25) is 5.91 Å². The Morgan fingerprint density at radius 2 is 1.69 bits per heavy atom. The maximum Gasteiger partial charge on any atom is 0.268 e. The number of anilines is 1. The van der Waals surface area contributed by atoms with Gasteiger partial charge in [0.05, 0.1) is 16.1 Å². The van der Waals surface area contributed by atoms with Gasteiger partial charge in [0.25, 0.3) is 10.0 Å². The van der Waals surface area contributed by atoms with E-state index in [-0.39, 0.29) is 17.4 Å². The van der Waals surface area contributed by atoms with Crippen molar-refractivity contribution in [2.75, 3.05) is 11.9 Å². The Hall–Kier alpha value is -3.58. The van der Waals surface area contributed by atoms with E-state index in [0.29, 0.717) is 17.0 Å². The van der Waals surface area contributed by atoms with Crippen molar-refractivity contribution in [3.05, 3.63) is 90.1 Å². The third kappa shape index (κ3) is 4.11. The van der Waals surface area contributed by atoms with Crippen LogP contribution in [0.2, 0.25) is 0 Å². The summed E-state index contributed by atoms with van der Waals surface area (Å²) in [6.07, 6.45) is 0. The van der Waals surface area contributed by atoms with E-state index in [4.69, 9.17) is 4.74 Å². The van der Waals surface area contributed by atoms with Gasteiger partial charge in [0.1, 0.15) is 12.4 Å². The van der Waals surface area contributed by atoms with Crippen molar-refractivity contribution in [2.45, 2.75) is 25.3 Å². The molecule has 164 valence electrons. The molecule has 0 spiro atoms.